The van der Waals surface area contributed by atoms with Gasteiger partial charge in [0.25, 0.3) is 5.91 Å². The number of carbonyl (C=O) groups is 1. The second-order valence-corrected chi connectivity index (χ2v) is 7.68. The zero-order valence-electron chi connectivity index (χ0n) is 16.5. The fraction of sp³-hybridized carbons (Fsp3) is 0.174. The highest BCUT2D eigenvalue weighted by atomic mass is 19.4. The summed E-state index contributed by atoms with van der Waals surface area (Å²) in [6, 6.07) is 10.5. The van der Waals surface area contributed by atoms with Gasteiger partial charge in [0, 0.05) is 29.1 Å². The van der Waals surface area contributed by atoms with Crippen molar-refractivity contribution in [2.75, 3.05) is 5.32 Å². The predicted molar refractivity (Wildman–Crippen MR) is 110 cm³/mol. The van der Waals surface area contributed by atoms with Crippen LogP contribution in [0.15, 0.2) is 60.9 Å². The summed E-state index contributed by atoms with van der Waals surface area (Å²) >= 11 is 0. The first kappa shape index (κ1) is 20.2. The van der Waals surface area contributed by atoms with E-state index < -0.39 is 23.5 Å². The van der Waals surface area contributed by atoms with Crippen LogP contribution in [-0.2, 0) is 6.18 Å². The van der Waals surface area contributed by atoms with Crippen LogP contribution < -0.4 is 5.32 Å². The van der Waals surface area contributed by atoms with Crippen molar-refractivity contribution in [1.82, 2.24) is 14.6 Å². The van der Waals surface area contributed by atoms with Crippen molar-refractivity contribution < 1.29 is 22.4 Å². The van der Waals surface area contributed by atoms with Crippen molar-refractivity contribution in [1.29, 1.82) is 0 Å². The van der Waals surface area contributed by atoms with Gasteiger partial charge in [-0.1, -0.05) is 18.2 Å². The first-order chi connectivity index (χ1) is 15.3. The van der Waals surface area contributed by atoms with Crippen LogP contribution in [0.4, 0.5) is 23.2 Å². The lowest BCUT2D eigenvalue weighted by molar-refractivity contribution is -0.137. The van der Waals surface area contributed by atoms with Gasteiger partial charge in [-0.25, -0.2) is 13.9 Å². The number of hydrogen-bond donors (Lipinski definition) is 1. The average molecular weight is 440 g/mol. The summed E-state index contributed by atoms with van der Waals surface area (Å²) in [4.78, 5) is 17.4. The Morgan fingerprint density at radius 1 is 1.09 bits per heavy atom. The van der Waals surface area contributed by atoms with Crippen molar-refractivity contribution in [3.8, 4) is 11.1 Å². The molecular weight excluding hydrogens is 424 g/mol. The smallest absolute Gasteiger partial charge is 0.322 e. The Bertz CT molecular complexity index is 1340. The molecule has 32 heavy (non-hydrogen) atoms. The first-order valence-electron chi connectivity index (χ1n) is 9.92. The van der Waals surface area contributed by atoms with Crippen LogP contribution in [0.1, 0.15) is 40.4 Å². The third kappa shape index (κ3) is 3.81. The molecule has 0 bridgehead atoms. The minimum Gasteiger partial charge on any atom is -0.322 e. The topological polar surface area (TPSA) is 59.3 Å². The first-order valence-corrected chi connectivity index (χ1v) is 9.92. The van der Waals surface area contributed by atoms with Gasteiger partial charge in [0.2, 0.25) is 0 Å². The lowest BCUT2D eigenvalue weighted by Gasteiger charge is -2.11. The maximum Gasteiger partial charge on any atom is 0.416 e. The summed E-state index contributed by atoms with van der Waals surface area (Å²) in [6.45, 7) is 0. The molecule has 0 saturated heterocycles. The number of fused-ring (bicyclic) bond motifs is 1. The SMILES string of the molecule is O=C(Nc1cccc(-c2ccc(C(F)(F)F)cc2F)c1)c1cnn2ccc(C3CC3)nc12. The van der Waals surface area contributed by atoms with E-state index in [9.17, 15) is 22.4 Å². The molecule has 162 valence electrons. The third-order valence-electron chi connectivity index (χ3n) is 5.36. The molecule has 2 aromatic carbocycles. The van der Waals surface area contributed by atoms with Crippen molar-refractivity contribution in [2.45, 2.75) is 24.9 Å². The molecule has 4 aromatic rings. The Morgan fingerprint density at radius 2 is 1.91 bits per heavy atom. The van der Waals surface area contributed by atoms with Crippen LogP contribution in [0.2, 0.25) is 0 Å². The normalized spacial score (nSPS) is 14.0. The highest BCUT2D eigenvalue weighted by molar-refractivity contribution is 6.08. The Hall–Kier alpha value is -3.75. The van der Waals surface area contributed by atoms with Crippen LogP contribution in [0.3, 0.4) is 0 Å². The van der Waals surface area contributed by atoms with E-state index in [0.29, 0.717) is 34.4 Å². The molecule has 1 aliphatic rings. The second kappa shape index (κ2) is 7.44. The molecule has 5 rings (SSSR count). The van der Waals surface area contributed by atoms with Crippen LogP contribution in [0, 0.1) is 5.82 Å². The molecule has 1 N–H and O–H groups in total. The van der Waals surface area contributed by atoms with Crippen molar-refractivity contribution in [3.63, 3.8) is 0 Å². The van der Waals surface area contributed by atoms with Gasteiger partial charge in [-0.2, -0.15) is 18.3 Å². The number of alkyl halides is 3. The van der Waals surface area contributed by atoms with E-state index in [2.05, 4.69) is 15.4 Å². The van der Waals surface area contributed by atoms with E-state index >= 15 is 0 Å². The molecule has 0 unspecified atom stereocenters. The number of rotatable bonds is 4. The second-order valence-electron chi connectivity index (χ2n) is 7.68. The maximum absolute atomic E-state index is 14.4. The number of benzene rings is 2. The molecular formula is C23H16F4N4O. The monoisotopic (exact) mass is 440 g/mol. The number of halogens is 4. The minimum atomic E-state index is -4.63. The van der Waals surface area contributed by atoms with Gasteiger partial charge < -0.3 is 5.32 Å². The van der Waals surface area contributed by atoms with Crippen LogP contribution in [-0.4, -0.2) is 20.5 Å². The standard InChI is InChI=1S/C23H16F4N4O/c24-19-11-15(23(25,26)27)6-7-17(19)14-2-1-3-16(10-14)29-22(32)18-12-28-31-9-8-20(13-4-5-13)30-21(18)31/h1-3,6-13H,4-5H2,(H,29,32). The molecule has 0 spiro atoms. The van der Waals surface area contributed by atoms with E-state index in [0.717, 1.165) is 30.7 Å². The minimum absolute atomic E-state index is 0.000763. The molecule has 2 heterocycles. The zero-order valence-corrected chi connectivity index (χ0v) is 16.5. The fourth-order valence-corrected chi connectivity index (χ4v) is 3.54. The van der Waals surface area contributed by atoms with E-state index in [1.54, 1.807) is 24.4 Å². The number of amides is 1. The Labute approximate surface area is 179 Å². The summed E-state index contributed by atoms with van der Waals surface area (Å²) < 4.78 is 54.3. The molecule has 0 aliphatic heterocycles. The highest BCUT2D eigenvalue weighted by Gasteiger charge is 2.31. The largest absolute Gasteiger partial charge is 0.416 e. The summed E-state index contributed by atoms with van der Waals surface area (Å²) in [5, 5.41) is 6.89. The molecule has 1 amide bonds. The molecule has 0 atom stereocenters. The van der Waals surface area contributed by atoms with E-state index in [-0.39, 0.29) is 5.56 Å². The van der Waals surface area contributed by atoms with Gasteiger partial charge in [-0.3, -0.25) is 4.79 Å². The van der Waals surface area contributed by atoms with Crippen LogP contribution >= 0.6 is 0 Å². The van der Waals surface area contributed by atoms with Crippen molar-refractivity contribution in [3.05, 3.63) is 83.6 Å². The molecule has 5 nitrogen and oxygen atoms in total. The van der Waals surface area contributed by atoms with Gasteiger partial charge in [0.05, 0.1) is 11.8 Å². The molecule has 2 aromatic heterocycles. The van der Waals surface area contributed by atoms with Crippen molar-refractivity contribution in [2.24, 2.45) is 0 Å². The summed E-state index contributed by atoms with van der Waals surface area (Å²) in [5.41, 5.74) is 1.30. The predicted octanol–water partition coefficient (Wildman–Crippen LogP) is 5.68. The lowest BCUT2D eigenvalue weighted by Crippen LogP contribution is -2.12. The Kier molecular flexibility index (Phi) is 4.69. The number of nitrogens with zero attached hydrogens (tertiary/aromatic N) is 3. The quantitative estimate of drug-likeness (QED) is 0.415. The summed E-state index contributed by atoms with van der Waals surface area (Å²) in [5.74, 6) is -1.02. The number of carbonyl (C=O) groups excluding carboxylic acids is 1. The van der Waals surface area contributed by atoms with Gasteiger partial charge >= 0.3 is 6.18 Å². The molecule has 1 aliphatic carbocycles. The highest BCUT2D eigenvalue weighted by Crippen LogP contribution is 2.39. The zero-order chi connectivity index (χ0) is 22.5. The number of anilines is 1. The molecule has 0 radical (unpaired) electrons. The number of aromatic nitrogens is 3. The molecule has 9 heteroatoms. The molecule has 1 saturated carbocycles. The molecule has 1 fully saturated rings. The lowest BCUT2D eigenvalue weighted by atomic mass is 10.0. The number of hydrogen-bond acceptors (Lipinski definition) is 3. The maximum atomic E-state index is 14.4. The van der Waals surface area contributed by atoms with Crippen molar-refractivity contribution >= 4 is 17.2 Å². The third-order valence-corrected chi connectivity index (χ3v) is 5.36. The number of nitrogens with one attached hydrogen (secondary N) is 1. The summed E-state index contributed by atoms with van der Waals surface area (Å²) in [6.07, 6.45) is 0.712. The van der Waals surface area contributed by atoms with E-state index in [1.165, 1.54) is 16.8 Å². The van der Waals surface area contributed by atoms with Crippen LogP contribution in [0.25, 0.3) is 16.8 Å². The summed E-state index contributed by atoms with van der Waals surface area (Å²) in [7, 11) is 0. The fourth-order valence-electron chi connectivity index (χ4n) is 3.54. The Balaban J connectivity index is 1.41. The van der Waals surface area contributed by atoms with E-state index in [4.69, 9.17) is 0 Å². The van der Waals surface area contributed by atoms with Crippen LogP contribution in [0.5, 0.6) is 0 Å². The van der Waals surface area contributed by atoms with Gasteiger partial charge in [0.1, 0.15) is 11.4 Å². The average Bonchev–Trinajstić information content (AvgIpc) is 3.52. The van der Waals surface area contributed by atoms with Gasteiger partial charge in [-0.05, 0) is 48.7 Å². The van der Waals surface area contributed by atoms with Gasteiger partial charge in [0.15, 0.2) is 5.65 Å². The van der Waals surface area contributed by atoms with E-state index in [1.807, 2.05) is 6.07 Å². The van der Waals surface area contributed by atoms with Gasteiger partial charge in [-0.15, -0.1) is 0 Å². The Morgan fingerprint density at radius 3 is 2.62 bits per heavy atom.